The fraction of sp³-hybridized carbons (Fsp3) is 0.231. The molecule has 0 aliphatic carbocycles. The minimum Gasteiger partial charge on any atom is -0.357 e. The van der Waals surface area contributed by atoms with Crippen molar-refractivity contribution in [2.75, 3.05) is 17.9 Å². The molecular formula is C26H27Cl2N3O4S. The zero-order valence-electron chi connectivity index (χ0n) is 20.1. The molecule has 1 N–H and O–H groups in total. The summed E-state index contributed by atoms with van der Waals surface area (Å²) in [6.45, 7) is 2.79. The molecule has 0 saturated heterocycles. The molecule has 3 aromatic rings. The molecule has 190 valence electrons. The highest BCUT2D eigenvalue weighted by atomic mass is 35.5. The molecule has 0 bridgehead atoms. The topological polar surface area (TPSA) is 86.8 Å². The number of hydrogen-bond donors (Lipinski definition) is 1. The van der Waals surface area contributed by atoms with Crippen LogP contribution < -0.4 is 9.62 Å². The largest absolute Gasteiger partial charge is 0.357 e. The van der Waals surface area contributed by atoms with Gasteiger partial charge in [-0.2, -0.15) is 0 Å². The van der Waals surface area contributed by atoms with Gasteiger partial charge in [0.1, 0.15) is 12.6 Å². The summed E-state index contributed by atoms with van der Waals surface area (Å²) in [5, 5.41) is 3.19. The highest BCUT2D eigenvalue weighted by Crippen LogP contribution is 2.28. The molecule has 0 radical (unpaired) electrons. The Bertz CT molecular complexity index is 1310. The first-order valence-corrected chi connectivity index (χ1v) is 13.3. The van der Waals surface area contributed by atoms with Gasteiger partial charge in [0.05, 0.1) is 10.6 Å². The molecular weight excluding hydrogens is 521 g/mol. The van der Waals surface area contributed by atoms with E-state index >= 15 is 0 Å². The second-order valence-corrected chi connectivity index (χ2v) is 10.8. The zero-order valence-corrected chi connectivity index (χ0v) is 22.4. The maximum atomic E-state index is 13.7. The molecule has 0 saturated carbocycles. The number of rotatable bonds is 9. The van der Waals surface area contributed by atoms with E-state index in [9.17, 15) is 18.0 Å². The van der Waals surface area contributed by atoms with Crippen LogP contribution in [0.2, 0.25) is 10.0 Å². The number of halogens is 2. The van der Waals surface area contributed by atoms with Crippen LogP contribution in [0.25, 0.3) is 0 Å². The first kappa shape index (κ1) is 27.5. The Kier molecular flexibility index (Phi) is 9.00. The smallest absolute Gasteiger partial charge is 0.264 e. The minimum atomic E-state index is -4.11. The Hall–Kier alpha value is -3.07. The second kappa shape index (κ2) is 11.8. The third kappa shape index (κ3) is 6.19. The summed E-state index contributed by atoms with van der Waals surface area (Å²) in [5.74, 6) is -1.01. The van der Waals surface area contributed by atoms with Gasteiger partial charge in [-0.15, -0.1) is 0 Å². The average molecular weight is 548 g/mol. The van der Waals surface area contributed by atoms with Crippen molar-refractivity contribution >= 4 is 50.7 Å². The summed E-state index contributed by atoms with van der Waals surface area (Å²) < 4.78 is 28.4. The molecule has 0 unspecified atom stereocenters. The van der Waals surface area contributed by atoms with Crippen LogP contribution >= 0.6 is 23.2 Å². The summed E-state index contributed by atoms with van der Waals surface area (Å²) in [7, 11) is -2.65. The standard InChI is InChI=1S/C26H27Cl2N3O4S/c1-18-12-14-21(15-13-18)36(34,35)31(20-8-5-4-6-9-20)17-25(32)30(19(2)26(33)29-3)16-22-23(27)10-7-11-24(22)28/h4-15,19H,16-17H2,1-3H3,(H,29,33)/t19-/m1/s1. The molecule has 10 heteroatoms. The number of carbonyl (C=O) groups excluding carboxylic acids is 2. The van der Waals surface area contributed by atoms with Crippen molar-refractivity contribution in [3.05, 3.63) is 94.0 Å². The van der Waals surface area contributed by atoms with Crippen molar-refractivity contribution in [2.45, 2.75) is 31.3 Å². The van der Waals surface area contributed by atoms with Crippen LogP contribution in [-0.4, -0.2) is 44.8 Å². The van der Waals surface area contributed by atoms with Gasteiger partial charge < -0.3 is 10.2 Å². The molecule has 36 heavy (non-hydrogen) atoms. The number of benzene rings is 3. The predicted molar refractivity (Wildman–Crippen MR) is 143 cm³/mol. The second-order valence-electron chi connectivity index (χ2n) is 8.17. The monoisotopic (exact) mass is 547 g/mol. The number of aryl methyl sites for hydroxylation is 1. The van der Waals surface area contributed by atoms with E-state index in [-0.39, 0.29) is 11.4 Å². The van der Waals surface area contributed by atoms with Gasteiger partial charge in [-0.05, 0) is 50.2 Å². The highest BCUT2D eigenvalue weighted by Gasteiger charge is 2.32. The lowest BCUT2D eigenvalue weighted by atomic mass is 10.1. The van der Waals surface area contributed by atoms with Crippen LogP contribution in [0.3, 0.4) is 0 Å². The summed E-state index contributed by atoms with van der Waals surface area (Å²) in [5.41, 5.74) is 1.67. The predicted octanol–water partition coefficient (Wildman–Crippen LogP) is 4.66. The Morgan fingerprint density at radius 2 is 1.50 bits per heavy atom. The fourth-order valence-corrected chi connectivity index (χ4v) is 5.54. The Morgan fingerprint density at radius 3 is 2.06 bits per heavy atom. The summed E-state index contributed by atoms with van der Waals surface area (Å²) >= 11 is 12.7. The van der Waals surface area contributed by atoms with Crippen molar-refractivity contribution in [1.29, 1.82) is 0 Å². The number of para-hydroxylation sites is 1. The van der Waals surface area contributed by atoms with E-state index in [0.29, 0.717) is 21.3 Å². The summed E-state index contributed by atoms with van der Waals surface area (Å²) in [4.78, 5) is 27.5. The molecule has 3 rings (SSSR count). The number of carbonyl (C=O) groups is 2. The molecule has 0 fully saturated rings. The lowest BCUT2D eigenvalue weighted by Gasteiger charge is -2.32. The number of hydrogen-bond acceptors (Lipinski definition) is 4. The van der Waals surface area contributed by atoms with Gasteiger partial charge >= 0.3 is 0 Å². The van der Waals surface area contributed by atoms with Crippen molar-refractivity contribution in [3.8, 4) is 0 Å². The SMILES string of the molecule is CNC(=O)[C@@H](C)N(Cc1c(Cl)cccc1Cl)C(=O)CN(c1ccccc1)S(=O)(=O)c1ccc(C)cc1. The third-order valence-electron chi connectivity index (χ3n) is 5.74. The van der Waals surface area contributed by atoms with Crippen LogP contribution in [0.1, 0.15) is 18.1 Å². The molecule has 7 nitrogen and oxygen atoms in total. The molecule has 0 spiro atoms. The number of sulfonamides is 1. The minimum absolute atomic E-state index is 0.0461. The van der Waals surface area contributed by atoms with E-state index < -0.39 is 34.4 Å². The number of anilines is 1. The maximum absolute atomic E-state index is 13.7. The Labute approximate surface area is 221 Å². The van der Waals surface area contributed by atoms with Crippen LogP contribution in [0, 0.1) is 6.92 Å². The lowest BCUT2D eigenvalue weighted by molar-refractivity contribution is -0.139. The number of nitrogens with one attached hydrogen (secondary N) is 1. The van der Waals surface area contributed by atoms with Gasteiger partial charge in [0.2, 0.25) is 11.8 Å². The van der Waals surface area contributed by atoms with Crippen molar-refractivity contribution in [3.63, 3.8) is 0 Å². The van der Waals surface area contributed by atoms with Gasteiger partial charge in [0.15, 0.2) is 0 Å². The zero-order chi connectivity index (χ0) is 26.5. The lowest BCUT2D eigenvalue weighted by Crippen LogP contribution is -2.50. The van der Waals surface area contributed by atoms with E-state index in [1.807, 2.05) is 6.92 Å². The Balaban J connectivity index is 2.04. The van der Waals surface area contributed by atoms with E-state index in [1.54, 1.807) is 67.6 Å². The number of nitrogens with zero attached hydrogens (tertiary/aromatic N) is 2. The first-order valence-electron chi connectivity index (χ1n) is 11.1. The molecule has 0 aromatic heterocycles. The highest BCUT2D eigenvalue weighted by molar-refractivity contribution is 7.92. The molecule has 2 amide bonds. The van der Waals surface area contributed by atoms with Gasteiger partial charge in [0.25, 0.3) is 10.0 Å². The van der Waals surface area contributed by atoms with E-state index in [2.05, 4.69) is 5.32 Å². The third-order valence-corrected chi connectivity index (χ3v) is 8.23. The van der Waals surface area contributed by atoms with E-state index in [0.717, 1.165) is 9.87 Å². The van der Waals surface area contributed by atoms with Crippen LogP contribution in [0.15, 0.2) is 77.7 Å². The van der Waals surface area contributed by atoms with Gasteiger partial charge in [-0.25, -0.2) is 8.42 Å². The molecule has 0 aliphatic heterocycles. The number of amides is 2. The fourth-order valence-electron chi connectivity index (χ4n) is 3.61. The van der Waals surface area contributed by atoms with E-state index in [1.165, 1.54) is 24.1 Å². The van der Waals surface area contributed by atoms with Gasteiger partial charge in [-0.3, -0.25) is 13.9 Å². The Morgan fingerprint density at radius 1 is 0.917 bits per heavy atom. The van der Waals surface area contributed by atoms with Crippen molar-refractivity contribution < 1.29 is 18.0 Å². The molecule has 1 atom stereocenters. The molecule has 3 aromatic carbocycles. The van der Waals surface area contributed by atoms with Crippen LogP contribution in [0.5, 0.6) is 0 Å². The normalized spacial score (nSPS) is 12.0. The first-order chi connectivity index (χ1) is 17.1. The maximum Gasteiger partial charge on any atom is 0.264 e. The van der Waals surface area contributed by atoms with Crippen molar-refractivity contribution in [1.82, 2.24) is 10.2 Å². The summed E-state index contributed by atoms with van der Waals surface area (Å²) in [6.07, 6.45) is 0. The molecule has 0 aliphatic rings. The van der Waals surface area contributed by atoms with Gasteiger partial charge in [0, 0.05) is 29.2 Å². The van der Waals surface area contributed by atoms with Crippen LogP contribution in [-0.2, 0) is 26.2 Å². The average Bonchev–Trinajstić information content (AvgIpc) is 2.86. The summed E-state index contributed by atoms with van der Waals surface area (Å²) in [6, 6.07) is 18.7. The van der Waals surface area contributed by atoms with Crippen LogP contribution in [0.4, 0.5) is 5.69 Å². The van der Waals surface area contributed by atoms with Crippen molar-refractivity contribution in [2.24, 2.45) is 0 Å². The van der Waals surface area contributed by atoms with E-state index in [4.69, 9.17) is 23.2 Å². The quantitative estimate of drug-likeness (QED) is 0.422. The molecule has 0 heterocycles. The number of likely N-dealkylation sites (N-methyl/N-ethyl adjacent to an activating group) is 1. The van der Waals surface area contributed by atoms with Gasteiger partial charge in [-0.1, -0.05) is 65.2 Å².